The number of nitrogens with zero attached hydrogens (tertiary/aromatic N) is 5. The van der Waals surface area contributed by atoms with Crippen molar-refractivity contribution in [3.05, 3.63) is 52.8 Å². The summed E-state index contributed by atoms with van der Waals surface area (Å²) in [6, 6.07) is 13.0. The van der Waals surface area contributed by atoms with Gasteiger partial charge in [-0.2, -0.15) is 4.98 Å². The molecule has 1 aliphatic heterocycles. The number of ether oxygens (including phenoxy) is 1. The molecule has 0 saturated carbocycles. The van der Waals surface area contributed by atoms with Crippen LogP contribution in [0.5, 0.6) is 5.88 Å². The van der Waals surface area contributed by atoms with Crippen LogP contribution in [-0.4, -0.2) is 64.5 Å². The molecule has 1 aliphatic rings. The molecule has 0 spiro atoms. The highest BCUT2D eigenvalue weighted by Crippen LogP contribution is 2.25. The number of H-pyrrole nitrogens is 1. The fourth-order valence-electron chi connectivity index (χ4n) is 3.96. The van der Waals surface area contributed by atoms with Crippen molar-refractivity contribution in [2.45, 2.75) is 12.8 Å². The van der Waals surface area contributed by atoms with Crippen LogP contribution < -0.4 is 15.2 Å². The minimum absolute atomic E-state index is 0.161. The van der Waals surface area contributed by atoms with Crippen LogP contribution in [0.25, 0.3) is 22.1 Å². The van der Waals surface area contributed by atoms with Crippen LogP contribution in [0.2, 0.25) is 0 Å². The van der Waals surface area contributed by atoms with Gasteiger partial charge >= 0.3 is 0 Å². The van der Waals surface area contributed by atoms with Gasteiger partial charge in [0.25, 0.3) is 0 Å². The van der Waals surface area contributed by atoms with Gasteiger partial charge < -0.3 is 14.6 Å². The molecule has 1 fully saturated rings. The number of fused-ring (bicyclic) bond motifs is 2. The van der Waals surface area contributed by atoms with Gasteiger partial charge in [-0.05, 0) is 54.0 Å². The van der Waals surface area contributed by atoms with E-state index in [9.17, 15) is 4.79 Å². The van der Waals surface area contributed by atoms with Gasteiger partial charge in [-0.25, -0.2) is 4.63 Å². The third-order valence-corrected chi connectivity index (χ3v) is 5.65. The zero-order chi connectivity index (χ0) is 21.0. The topological polar surface area (TPSA) is 100 Å². The number of rotatable bonds is 7. The Bertz CT molecular complexity index is 1230. The zero-order valence-electron chi connectivity index (χ0n) is 17.2. The Hall–Kier alpha value is -3.46. The number of anilines is 1. The highest BCUT2D eigenvalue weighted by Gasteiger charge is 2.19. The van der Waals surface area contributed by atoms with Crippen molar-refractivity contribution in [2.75, 3.05) is 44.2 Å². The summed E-state index contributed by atoms with van der Waals surface area (Å²) in [4.78, 5) is 23.4. The normalized spacial score (nSPS) is 15.0. The van der Waals surface area contributed by atoms with E-state index in [4.69, 9.17) is 9.37 Å². The molecule has 0 radical (unpaired) electrons. The molecule has 5 rings (SSSR count). The van der Waals surface area contributed by atoms with E-state index >= 15 is 0 Å². The summed E-state index contributed by atoms with van der Waals surface area (Å²) in [6.07, 6.45) is 2.02. The Morgan fingerprint density at radius 3 is 2.77 bits per heavy atom. The van der Waals surface area contributed by atoms with E-state index < -0.39 is 0 Å². The number of pyridine rings is 2. The first-order chi connectivity index (χ1) is 15.3. The van der Waals surface area contributed by atoms with Crippen LogP contribution in [0.1, 0.15) is 12.8 Å². The molecule has 0 bridgehead atoms. The van der Waals surface area contributed by atoms with Gasteiger partial charge in [-0.3, -0.25) is 9.69 Å². The number of unbranched alkanes of at least 4 members (excludes halogenated alkanes) is 1. The van der Waals surface area contributed by atoms with Gasteiger partial charge in [0.15, 0.2) is 5.52 Å². The van der Waals surface area contributed by atoms with Gasteiger partial charge in [0.1, 0.15) is 11.2 Å². The zero-order valence-corrected chi connectivity index (χ0v) is 17.2. The van der Waals surface area contributed by atoms with E-state index in [0.717, 1.165) is 67.7 Å². The number of aromatic amines is 1. The molecule has 9 heteroatoms. The standard InChI is InChI=1S/C22H24N6O3/c29-19-8-6-16-7-9-20(24-22(16)23-19)30-15-2-1-10-27-11-13-28(14-12-27)18-5-3-4-17-21(18)26-31-25-17/h3-9H,1-2,10-15H2,(H,23,24,29). The average molecular weight is 420 g/mol. The number of hydrogen-bond acceptors (Lipinski definition) is 8. The molecule has 9 nitrogen and oxygen atoms in total. The van der Waals surface area contributed by atoms with Crippen LogP contribution in [-0.2, 0) is 0 Å². The second kappa shape index (κ2) is 8.73. The summed E-state index contributed by atoms with van der Waals surface area (Å²) < 4.78 is 10.7. The second-order valence-corrected chi connectivity index (χ2v) is 7.70. The maximum absolute atomic E-state index is 11.4. The molecular formula is C22H24N6O3. The van der Waals surface area contributed by atoms with Crippen molar-refractivity contribution >= 4 is 27.8 Å². The monoisotopic (exact) mass is 420 g/mol. The number of benzene rings is 1. The predicted octanol–water partition coefficient (Wildman–Crippen LogP) is 2.44. The Balaban J connectivity index is 1.05. The van der Waals surface area contributed by atoms with E-state index in [2.05, 4.69) is 36.1 Å². The fraction of sp³-hybridized carbons (Fsp3) is 0.364. The Morgan fingerprint density at radius 2 is 1.87 bits per heavy atom. The van der Waals surface area contributed by atoms with Gasteiger partial charge in [0.05, 0.1) is 12.3 Å². The summed E-state index contributed by atoms with van der Waals surface area (Å²) in [5.41, 5.74) is 3.12. The molecule has 4 heterocycles. The van der Waals surface area contributed by atoms with E-state index in [0.29, 0.717) is 18.1 Å². The quantitative estimate of drug-likeness (QED) is 0.455. The molecule has 1 N–H and O–H groups in total. The number of aromatic nitrogens is 4. The maximum Gasteiger partial charge on any atom is 0.249 e. The lowest BCUT2D eigenvalue weighted by molar-refractivity contribution is 0.237. The summed E-state index contributed by atoms with van der Waals surface area (Å²) >= 11 is 0. The SMILES string of the molecule is O=c1ccc2ccc(OCCCCN3CCN(c4cccc5nonc45)CC3)nc2[nH]1. The first kappa shape index (κ1) is 19.5. The molecular weight excluding hydrogens is 396 g/mol. The molecule has 0 amide bonds. The van der Waals surface area contributed by atoms with Crippen molar-refractivity contribution in [3.8, 4) is 5.88 Å². The van der Waals surface area contributed by atoms with E-state index in [-0.39, 0.29) is 5.56 Å². The molecule has 0 unspecified atom stereocenters. The lowest BCUT2D eigenvalue weighted by atomic mass is 10.2. The maximum atomic E-state index is 11.4. The van der Waals surface area contributed by atoms with Crippen LogP contribution in [0.15, 0.2) is 51.9 Å². The Labute approximate surface area is 178 Å². The van der Waals surface area contributed by atoms with Crippen LogP contribution in [0.3, 0.4) is 0 Å². The Morgan fingerprint density at radius 1 is 1.00 bits per heavy atom. The number of hydrogen-bond donors (Lipinski definition) is 1. The third-order valence-electron chi connectivity index (χ3n) is 5.65. The smallest absolute Gasteiger partial charge is 0.249 e. The Kier molecular flexibility index (Phi) is 5.49. The van der Waals surface area contributed by atoms with Crippen LogP contribution >= 0.6 is 0 Å². The summed E-state index contributed by atoms with van der Waals surface area (Å²) in [5, 5.41) is 8.87. The molecule has 160 valence electrons. The minimum Gasteiger partial charge on any atom is -0.478 e. The second-order valence-electron chi connectivity index (χ2n) is 7.70. The van der Waals surface area contributed by atoms with Crippen molar-refractivity contribution in [3.63, 3.8) is 0 Å². The van der Waals surface area contributed by atoms with Crippen molar-refractivity contribution in [2.24, 2.45) is 0 Å². The molecule has 4 aromatic rings. The molecule has 1 aromatic carbocycles. The number of nitrogens with one attached hydrogen (secondary N) is 1. The van der Waals surface area contributed by atoms with Gasteiger partial charge in [-0.1, -0.05) is 6.07 Å². The minimum atomic E-state index is -0.161. The van der Waals surface area contributed by atoms with Crippen LogP contribution in [0.4, 0.5) is 5.69 Å². The predicted molar refractivity (Wildman–Crippen MR) is 118 cm³/mol. The molecule has 0 atom stereocenters. The molecule has 31 heavy (non-hydrogen) atoms. The number of piperazine rings is 1. The first-order valence-corrected chi connectivity index (χ1v) is 10.6. The van der Waals surface area contributed by atoms with Gasteiger partial charge in [0.2, 0.25) is 11.4 Å². The molecule has 0 aliphatic carbocycles. The highest BCUT2D eigenvalue weighted by molar-refractivity contribution is 5.87. The van der Waals surface area contributed by atoms with Crippen molar-refractivity contribution in [1.82, 2.24) is 25.2 Å². The highest BCUT2D eigenvalue weighted by atomic mass is 16.6. The van der Waals surface area contributed by atoms with E-state index in [1.807, 2.05) is 24.3 Å². The largest absolute Gasteiger partial charge is 0.478 e. The van der Waals surface area contributed by atoms with Crippen molar-refractivity contribution in [1.29, 1.82) is 0 Å². The van der Waals surface area contributed by atoms with Gasteiger partial charge in [-0.15, -0.1) is 0 Å². The van der Waals surface area contributed by atoms with E-state index in [1.54, 1.807) is 6.07 Å². The van der Waals surface area contributed by atoms with Crippen LogP contribution in [0, 0.1) is 0 Å². The summed E-state index contributed by atoms with van der Waals surface area (Å²) in [5.74, 6) is 0.541. The summed E-state index contributed by atoms with van der Waals surface area (Å²) in [7, 11) is 0. The van der Waals surface area contributed by atoms with E-state index in [1.165, 1.54) is 6.07 Å². The fourth-order valence-corrected chi connectivity index (χ4v) is 3.96. The van der Waals surface area contributed by atoms with Gasteiger partial charge in [0, 0.05) is 43.7 Å². The van der Waals surface area contributed by atoms with Crippen molar-refractivity contribution < 1.29 is 9.37 Å². The first-order valence-electron chi connectivity index (χ1n) is 10.6. The third kappa shape index (κ3) is 4.36. The average Bonchev–Trinajstić information content (AvgIpc) is 3.28. The lowest BCUT2D eigenvalue weighted by Crippen LogP contribution is -2.46. The molecule has 1 saturated heterocycles. The molecule has 3 aromatic heterocycles. The lowest BCUT2D eigenvalue weighted by Gasteiger charge is -2.36. The summed E-state index contributed by atoms with van der Waals surface area (Å²) in [6.45, 7) is 5.61.